The normalized spacial score (nSPS) is 12.6. The summed E-state index contributed by atoms with van der Waals surface area (Å²) in [6, 6.07) is 3.21. The highest BCUT2D eigenvalue weighted by Gasteiger charge is 2.16. The summed E-state index contributed by atoms with van der Waals surface area (Å²) in [5.41, 5.74) is 6.16. The standard InChI is InChI=1S/C10H14FNO2/c1-6-3-4-7(8(13)5-12)10(14-2)9(6)11/h3-4,8,13H,5,12H2,1-2H3. The lowest BCUT2D eigenvalue weighted by molar-refractivity contribution is 0.181. The highest BCUT2D eigenvalue weighted by molar-refractivity contribution is 5.40. The molecule has 14 heavy (non-hydrogen) atoms. The molecule has 1 unspecified atom stereocenters. The number of hydrogen-bond donors (Lipinski definition) is 2. The largest absolute Gasteiger partial charge is 0.493 e. The van der Waals surface area contributed by atoms with Crippen molar-refractivity contribution in [3.63, 3.8) is 0 Å². The SMILES string of the molecule is COc1c(C(O)CN)ccc(C)c1F. The number of hydrogen-bond acceptors (Lipinski definition) is 3. The van der Waals surface area contributed by atoms with Crippen LogP contribution >= 0.6 is 0 Å². The predicted octanol–water partition coefficient (Wildman–Crippen LogP) is 1.13. The van der Waals surface area contributed by atoms with E-state index in [0.29, 0.717) is 11.1 Å². The molecule has 4 heteroatoms. The summed E-state index contributed by atoms with van der Waals surface area (Å²) in [5, 5.41) is 9.48. The lowest BCUT2D eigenvalue weighted by Crippen LogP contribution is -2.13. The van der Waals surface area contributed by atoms with Crippen molar-refractivity contribution < 1.29 is 14.2 Å². The summed E-state index contributed by atoms with van der Waals surface area (Å²) >= 11 is 0. The first-order valence-corrected chi connectivity index (χ1v) is 4.33. The van der Waals surface area contributed by atoms with Crippen LogP contribution in [0.4, 0.5) is 4.39 Å². The highest BCUT2D eigenvalue weighted by atomic mass is 19.1. The molecule has 0 saturated carbocycles. The van der Waals surface area contributed by atoms with E-state index < -0.39 is 11.9 Å². The van der Waals surface area contributed by atoms with Gasteiger partial charge in [0.25, 0.3) is 0 Å². The fourth-order valence-corrected chi connectivity index (χ4v) is 1.27. The zero-order valence-electron chi connectivity index (χ0n) is 8.25. The molecule has 1 aromatic rings. The van der Waals surface area contributed by atoms with E-state index in [1.165, 1.54) is 7.11 Å². The average molecular weight is 199 g/mol. The molecule has 0 amide bonds. The molecule has 1 atom stereocenters. The van der Waals surface area contributed by atoms with Crippen LogP contribution in [0.5, 0.6) is 5.75 Å². The molecule has 1 rings (SSSR count). The van der Waals surface area contributed by atoms with Gasteiger partial charge in [-0.2, -0.15) is 0 Å². The van der Waals surface area contributed by atoms with Crippen molar-refractivity contribution in [1.82, 2.24) is 0 Å². The quantitative estimate of drug-likeness (QED) is 0.767. The Morgan fingerprint density at radius 2 is 2.21 bits per heavy atom. The number of benzene rings is 1. The molecule has 0 aliphatic carbocycles. The molecule has 0 radical (unpaired) electrons. The topological polar surface area (TPSA) is 55.5 Å². The van der Waals surface area contributed by atoms with Gasteiger partial charge in [-0.25, -0.2) is 4.39 Å². The molecule has 0 fully saturated rings. The van der Waals surface area contributed by atoms with E-state index >= 15 is 0 Å². The Balaban J connectivity index is 3.23. The molecule has 0 spiro atoms. The number of aryl methyl sites for hydroxylation is 1. The Morgan fingerprint density at radius 1 is 1.57 bits per heavy atom. The summed E-state index contributed by atoms with van der Waals surface area (Å²) in [7, 11) is 1.37. The Labute approximate surface area is 82.3 Å². The molecular weight excluding hydrogens is 185 g/mol. The van der Waals surface area contributed by atoms with Gasteiger partial charge in [0.05, 0.1) is 13.2 Å². The first kappa shape index (κ1) is 10.9. The average Bonchev–Trinajstić information content (AvgIpc) is 2.20. The van der Waals surface area contributed by atoms with E-state index in [9.17, 15) is 9.50 Å². The fraction of sp³-hybridized carbons (Fsp3) is 0.400. The van der Waals surface area contributed by atoms with Gasteiger partial charge in [-0.15, -0.1) is 0 Å². The Bertz CT molecular complexity index is 328. The van der Waals surface area contributed by atoms with Gasteiger partial charge in [0.2, 0.25) is 0 Å². The van der Waals surface area contributed by atoms with Gasteiger partial charge in [0.1, 0.15) is 0 Å². The van der Waals surface area contributed by atoms with Crippen LogP contribution in [-0.2, 0) is 0 Å². The maximum Gasteiger partial charge on any atom is 0.168 e. The summed E-state index contributed by atoms with van der Waals surface area (Å²) < 4.78 is 18.4. The van der Waals surface area contributed by atoms with Crippen LogP contribution in [0.1, 0.15) is 17.2 Å². The molecule has 3 N–H and O–H groups in total. The minimum absolute atomic E-state index is 0.0405. The lowest BCUT2D eigenvalue weighted by atomic mass is 10.1. The minimum Gasteiger partial charge on any atom is -0.493 e. The zero-order valence-corrected chi connectivity index (χ0v) is 8.25. The number of ether oxygens (including phenoxy) is 1. The maximum atomic E-state index is 13.5. The first-order chi connectivity index (χ1) is 6.61. The van der Waals surface area contributed by atoms with Crippen LogP contribution in [0.2, 0.25) is 0 Å². The van der Waals surface area contributed by atoms with E-state index in [-0.39, 0.29) is 12.3 Å². The van der Waals surface area contributed by atoms with Gasteiger partial charge in [-0.05, 0) is 12.5 Å². The highest BCUT2D eigenvalue weighted by Crippen LogP contribution is 2.29. The number of methoxy groups -OCH3 is 1. The third-order valence-corrected chi connectivity index (χ3v) is 2.11. The molecule has 0 bridgehead atoms. The van der Waals surface area contributed by atoms with Crippen molar-refractivity contribution in [2.24, 2.45) is 5.73 Å². The molecule has 3 nitrogen and oxygen atoms in total. The summed E-state index contributed by atoms with van der Waals surface area (Å²) in [6.07, 6.45) is -0.889. The molecule has 78 valence electrons. The number of nitrogens with two attached hydrogens (primary N) is 1. The van der Waals surface area contributed by atoms with Crippen LogP contribution in [0, 0.1) is 12.7 Å². The molecule has 0 heterocycles. The third-order valence-electron chi connectivity index (χ3n) is 2.11. The molecule has 0 saturated heterocycles. The van der Waals surface area contributed by atoms with E-state index in [1.807, 2.05) is 0 Å². The second-order valence-electron chi connectivity index (χ2n) is 3.07. The number of aliphatic hydroxyl groups excluding tert-OH is 1. The Kier molecular flexibility index (Phi) is 3.43. The van der Waals surface area contributed by atoms with Gasteiger partial charge in [0.15, 0.2) is 11.6 Å². The van der Waals surface area contributed by atoms with Gasteiger partial charge in [0, 0.05) is 12.1 Å². The summed E-state index contributed by atoms with van der Waals surface area (Å²) in [6.45, 7) is 1.68. The Morgan fingerprint density at radius 3 is 2.71 bits per heavy atom. The van der Waals surface area contributed by atoms with E-state index in [0.717, 1.165) is 0 Å². The number of halogens is 1. The number of rotatable bonds is 3. The van der Waals surface area contributed by atoms with Crippen molar-refractivity contribution in [2.45, 2.75) is 13.0 Å². The molecule has 1 aromatic carbocycles. The monoisotopic (exact) mass is 199 g/mol. The Hall–Kier alpha value is -1.13. The second-order valence-corrected chi connectivity index (χ2v) is 3.07. The van der Waals surface area contributed by atoms with Crippen molar-refractivity contribution >= 4 is 0 Å². The molecule has 0 aliphatic heterocycles. The predicted molar refractivity (Wildman–Crippen MR) is 51.7 cm³/mol. The fourth-order valence-electron chi connectivity index (χ4n) is 1.27. The van der Waals surface area contributed by atoms with Crippen LogP contribution in [0.15, 0.2) is 12.1 Å². The van der Waals surface area contributed by atoms with E-state index in [2.05, 4.69) is 0 Å². The van der Waals surface area contributed by atoms with E-state index in [1.54, 1.807) is 19.1 Å². The first-order valence-electron chi connectivity index (χ1n) is 4.33. The van der Waals surface area contributed by atoms with Crippen LogP contribution in [0.3, 0.4) is 0 Å². The lowest BCUT2D eigenvalue weighted by Gasteiger charge is -2.14. The molecule has 0 aliphatic rings. The van der Waals surface area contributed by atoms with Crippen LogP contribution < -0.4 is 10.5 Å². The maximum absolute atomic E-state index is 13.5. The van der Waals surface area contributed by atoms with Crippen LogP contribution in [-0.4, -0.2) is 18.8 Å². The molecule has 0 aromatic heterocycles. The van der Waals surface area contributed by atoms with Gasteiger partial charge < -0.3 is 15.6 Å². The van der Waals surface area contributed by atoms with Crippen molar-refractivity contribution in [1.29, 1.82) is 0 Å². The molecular formula is C10H14FNO2. The van der Waals surface area contributed by atoms with Gasteiger partial charge >= 0.3 is 0 Å². The van der Waals surface area contributed by atoms with Crippen molar-refractivity contribution in [3.05, 3.63) is 29.1 Å². The van der Waals surface area contributed by atoms with Gasteiger partial charge in [-0.1, -0.05) is 12.1 Å². The van der Waals surface area contributed by atoms with E-state index in [4.69, 9.17) is 10.5 Å². The second kappa shape index (κ2) is 4.39. The summed E-state index contributed by atoms with van der Waals surface area (Å²) in [4.78, 5) is 0. The van der Waals surface area contributed by atoms with Crippen LogP contribution in [0.25, 0.3) is 0 Å². The minimum atomic E-state index is -0.889. The number of aliphatic hydroxyl groups is 1. The van der Waals surface area contributed by atoms with Crippen molar-refractivity contribution in [2.75, 3.05) is 13.7 Å². The van der Waals surface area contributed by atoms with Crippen molar-refractivity contribution in [3.8, 4) is 5.75 Å². The van der Waals surface area contributed by atoms with Gasteiger partial charge in [-0.3, -0.25) is 0 Å². The third kappa shape index (κ3) is 1.86. The summed E-state index contributed by atoms with van der Waals surface area (Å²) in [5.74, 6) is -0.375. The zero-order chi connectivity index (χ0) is 10.7. The smallest absolute Gasteiger partial charge is 0.168 e.